The lowest BCUT2D eigenvalue weighted by Crippen LogP contribution is -2.30. The zero-order valence-corrected chi connectivity index (χ0v) is 36.8. The normalized spacial score (nSPS) is 13.2. The molecule has 0 fully saturated rings. The van der Waals surface area contributed by atoms with Crippen LogP contribution in [0.2, 0.25) is 0 Å². The lowest BCUT2D eigenvalue weighted by Gasteiger charge is -2.18. The predicted molar refractivity (Wildman–Crippen MR) is 246 cm³/mol. The molecule has 0 aliphatic heterocycles. The average Bonchev–Trinajstić information content (AvgIpc) is 3.22. The number of carbonyl (C=O) groups is 3. The number of carbonyl (C=O) groups excluding carboxylic acids is 3. The van der Waals surface area contributed by atoms with Crippen molar-refractivity contribution in [3.8, 4) is 0 Å². The Balaban J connectivity index is 4.53. The first-order valence-electron chi connectivity index (χ1n) is 22.5. The second kappa shape index (κ2) is 45.5. The van der Waals surface area contributed by atoms with Crippen molar-refractivity contribution in [3.63, 3.8) is 0 Å². The van der Waals surface area contributed by atoms with Crippen LogP contribution in [0, 0.1) is 0 Å². The molecule has 0 aliphatic rings. The van der Waals surface area contributed by atoms with Gasteiger partial charge in [-0.15, -0.1) is 0 Å². The minimum Gasteiger partial charge on any atom is -0.462 e. The quantitative estimate of drug-likeness (QED) is 0.0268. The molecule has 0 N–H and O–H groups in total. The van der Waals surface area contributed by atoms with Gasteiger partial charge in [-0.25, -0.2) is 0 Å². The van der Waals surface area contributed by atoms with Crippen molar-refractivity contribution in [2.75, 3.05) is 13.2 Å². The summed E-state index contributed by atoms with van der Waals surface area (Å²) in [5, 5.41) is 0. The highest BCUT2D eigenvalue weighted by Gasteiger charge is 2.19. The van der Waals surface area contributed by atoms with Gasteiger partial charge in [0, 0.05) is 19.3 Å². The van der Waals surface area contributed by atoms with Crippen molar-refractivity contribution in [1.29, 1.82) is 0 Å². The SMILES string of the molecule is CC/C=C\C/C=C\C/C=C\C/C=C\C/C=C\C/C=C\CCC(=O)OCC(COC(=O)CCCC/C=C\C/C=C\CC)OC(=O)CCCCCCC/C=C\C/C=C\CC. The van der Waals surface area contributed by atoms with Crippen molar-refractivity contribution in [2.24, 2.45) is 0 Å². The summed E-state index contributed by atoms with van der Waals surface area (Å²) in [6.45, 7) is 6.14. The van der Waals surface area contributed by atoms with E-state index in [-0.39, 0.29) is 44.0 Å². The zero-order chi connectivity index (χ0) is 42.3. The summed E-state index contributed by atoms with van der Waals surface area (Å²) in [6, 6.07) is 0. The second-order valence-corrected chi connectivity index (χ2v) is 14.2. The fourth-order valence-corrected chi connectivity index (χ4v) is 5.42. The third-order valence-electron chi connectivity index (χ3n) is 8.71. The van der Waals surface area contributed by atoms with Crippen LogP contribution in [-0.2, 0) is 28.6 Å². The lowest BCUT2D eigenvalue weighted by molar-refractivity contribution is -0.166. The highest BCUT2D eigenvalue weighted by atomic mass is 16.6. The van der Waals surface area contributed by atoms with Gasteiger partial charge in [-0.2, -0.15) is 0 Å². The van der Waals surface area contributed by atoms with E-state index in [0.717, 1.165) is 116 Å². The van der Waals surface area contributed by atoms with Gasteiger partial charge in [0.2, 0.25) is 0 Å². The van der Waals surface area contributed by atoms with Gasteiger partial charge in [0.05, 0.1) is 0 Å². The van der Waals surface area contributed by atoms with E-state index in [1.807, 2.05) is 12.2 Å². The first-order valence-corrected chi connectivity index (χ1v) is 22.5. The Morgan fingerprint density at radius 3 is 1.10 bits per heavy atom. The molecule has 0 saturated carbocycles. The molecule has 0 bridgehead atoms. The molecule has 0 rings (SSSR count). The van der Waals surface area contributed by atoms with Crippen LogP contribution < -0.4 is 0 Å². The molecule has 0 aromatic rings. The van der Waals surface area contributed by atoms with Gasteiger partial charge in [0.25, 0.3) is 0 Å². The second-order valence-electron chi connectivity index (χ2n) is 14.2. The molecule has 58 heavy (non-hydrogen) atoms. The van der Waals surface area contributed by atoms with Gasteiger partial charge >= 0.3 is 17.9 Å². The molecule has 0 amide bonds. The van der Waals surface area contributed by atoms with E-state index in [1.165, 1.54) is 0 Å². The summed E-state index contributed by atoms with van der Waals surface area (Å²) < 4.78 is 16.6. The summed E-state index contributed by atoms with van der Waals surface area (Å²) in [7, 11) is 0. The molecule has 0 aromatic carbocycles. The molecule has 1 unspecified atom stereocenters. The topological polar surface area (TPSA) is 78.9 Å². The van der Waals surface area contributed by atoms with Gasteiger partial charge in [-0.1, -0.05) is 162 Å². The molecule has 0 radical (unpaired) electrons. The number of hydrogen-bond acceptors (Lipinski definition) is 6. The van der Waals surface area contributed by atoms with Gasteiger partial charge in [0.15, 0.2) is 6.10 Å². The molecule has 0 aliphatic carbocycles. The van der Waals surface area contributed by atoms with Crippen molar-refractivity contribution >= 4 is 17.9 Å². The molecule has 6 nitrogen and oxygen atoms in total. The minimum atomic E-state index is -0.829. The van der Waals surface area contributed by atoms with Crippen LogP contribution in [0.3, 0.4) is 0 Å². The highest BCUT2D eigenvalue weighted by molar-refractivity contribution is 5.71. The monoisotopic (exact) mass is 801 g/mol. The molecule has 0 spiro atoms. The van der Waals surface area contributed by atoms with E-state index < -0.39 is 6.10 Å². The number of rotatable bonds is 38. The fraction of sp³-hybridized carbons (Fsp3) is 0.558. The van der Waals surface area contributed by atoms with Crippen LogP contribution in [0.25, 0.3) is 0 Å². The maximum Gasteiger partial charge on any atom is 0.306 e. The third-order valence-corrected chi connectivity index (χ3v) is 8.71. The van der Waals surface area contributed by atoms with E-state index >= 15 is 0 Å². The van der Waals surface area contributed by atoms with Gasteiger partial charge in [-0.3, -0.25) is 14.4 Å². The van der Waals surface area contributed by atoms with Crippen molar-refractivity contribution < 1.29 is 28.6 Å². The lowest BCUT2D eigenvalue weighted by atomic mass is 10.1. The summed E-state index contributed by atoms with van der Waals surface area (Å²) in [4.78, 5) is 37.6. The number of esters is 3. The molecule has 0 aromatic heterocycles. The highest BCUT2D eigenvalue weighted by Crippen LogP contribution is 2.11. The minimum absolute atomic E-state index is 0.129. The maximum atomic E-state index is 12.7. The Bertz CT molecular complexity index is 1290. The first kappa shape index (κ1) is 53.8. The van der Waals surface area contributed by atoms with Crippen LogP contribution in [0.15, 0.2) is 122 Å². The molecular formula is C52H80O6. The molecular weight excluding hydrogens is 721 g/mol. The number of allylic oxidation sites excluding steroid dienone is 20. The van der Waals surface area contributed by atoms with Gasteiger partial charge < -0.3 is 14.2 Å². The van der Waals surface area contributed by atoms with Gasteiger partial charge in [0.1, 0.15) is 13.2 Å². The third kappa shape index (κ3) is 42.9. The number of hydrogen-bond donors (Lipinski definition) is 0. The van der Waals surface area contributed by atoms with E-state index in [9.17, 15) is 14.4 Å². The largest absolute Gasteiger partial charge is 0.462 e. The zero-order valence-electron chi connectivity index (χ0n) is 36.8. The van der Waals surface area contributed by atoms with Crippen LogP contribution in [0.4, 0.5) is 0 Å². The van der Waals surface area contributed by atoms with Crippen LogP contribution in [-0.4, -0.2) is 37.2 Å². The standard InChI is InChI=1S/C52H80O6/c1-4-7-10-13-16-19-21-23-24-25-26-27-28-29-31-33-36-39-42-45-51(54)57-48-49(47-56-50(53)44-41-38-35-32-18-15-12-9-6-3)58-52(55)46-43-40-37-34-30-22-20-17-14-11-8-5-2/h7-12,16-20,23-24,26-27,29,31-32,36,39,49H,4-6,13-15,21-22,25,28,30,33-35,37-38,40-48H2,1-3H3/b10-7-,11-8-,12-9-,19-16-,20-17-,24-23-,27-26-,31-29-,32-18-,39-36-. The van der Waals surface area contributed by atoms with E-state index in [4.69, 9.17) is 14.2 Å². The van der Waals surface area contributed by atoms with Crippen LogP contribution in [0.1, 0.15) is 168 Å². The molecule has 1 atom stereocenters. The summed E-state index contributed by atoms with van der Waals surface area (Å²) >= 11 is 0. The van der Waals surface area contributed by atoms with E-state index in [2.05, 4.69) is 130 Å². The van der Waals surface area contributed by atoms with Crippen LogP contribution in [0.5, 0.6) is 0 Å². The Morgan fingerprint density at radius 2 is 0.655 bits per heavy atom. The van der Waals surface area contributed by atoms with Gasteiger partial charge in [-0.05, 0) is 109 Å². The Hall–Kier alpha value is -4.19. The Kier molecular flexibility index (Phi) is 42.2. The molecule has 0 heterocycles. The van der Waals surface area contributed by atoms with Crippen molar-refractivity contribution in [2.45, 2.75) is 175 Å². The molecule has 324 valence electrons. The Morgan fingerprint density at radius 1 is 0.345 bits per heavy atom. The molecule has 6 heteroatoms. The smallest absolute Gasteiger partial charge is 0.306 e. The number of ether oxygens (including phenoxy) is 3. The summed E-state index contributed by atoms with van der Waals surface area (Å²) in [5.74, 6) is -1.08. The van der Waals surface area contributed by atoms with E-state index in [1.54, 1.807) is 0 Å². The average molecular weight is 801 g/mol. The predicted octanol–water partition coefficient (Wildman–Crippen LogP) is 14.6. The fourth-order valence-electron chi connectivity index (χ4n) is 5.42. The maximum absolute atomic E-state index is 12.7. The molecule has 0 saturated heterocycles. The first-order chi connectivity index (χ1) is 28.5. The summed E-state index contributed by atoms with van der Waals surface area (Å²) in [6.07, 6.45) is 62.1. The van der Waals surface area contributed by atoms with Crippen LogP contribution >= 0.6 is 0 Å². The van der Waals surface area contributed by atoms with Crippen molar-refractivity contribution in [3.05, 3.63) is 122 Å². The van der Waals surface area contributed by atoms with Crippen molar-refractivity contribution in [1.82, 2.24) is 0 Å². The number of unbranched alkanes of at least 4 members (excludes halogenated alkanes) is 7. The summed E-state index contributed by atoms with van der Waals surface area (Å²) in [5.41, 5.74) is 0. The Labute approximate surface area is 354 Å². The van der Waals surface area contributed by atoms with E-state index in [0.29, 0.717) is 19.3 Å².